The zero-order valence-electron chi connectivity index (χ0n) is 11.1. The van der Waals surface area contributed by atoms with E-state index >= 15 is 0 Å². The minimum atomic E-state index is -0.879. The van der Waals surface area contributed by atoms with Crippen molar-refractivity contribution < 1.29 is 9.90 Å². The number of nitrogens with one attached hydrogen (secondary N) is 1. The normalized spacial score (nSPS) is 23.2. The van der Waals surface area contributed by atoms with Crippen LogP contribution < -0.4 is 11.1 Å². The van der Waals surface area contributed by atoms with Gasteiger partial charge in [-0.15, -0.1) is 0 Å². The molecule has 1 saturated heterocycles. The minimum absolute atomic E-state index is 0.0951. The van der Waals surface area contributed by atoms with Gasteiger partial charge in [0.05, 0.1) is 6.10 Å². The Bertz CT molecular complexity index is 424. The zero-order valence-corrected chi connectivity index (χ0v) is 11.1. The van der Waals surface area contributed by atoms with Gasteiger partial charge in [-0.1, -0.05) is 30.3 Å². The first-order chi connectivity index (χ1) is 9.09. The lowest BCUT2D eigenvalue weighted by molar-refractivity contribution is -0.137. The van der Waals surface area contributed by atoms with E-state index in [-0.39, 0.29) is 5.91 Å². The van der Waals surface area contributed by atoms with E-state index in [4.69, 9.17) is 5.73 Å². The van der Waals surface area contributed by atoms with Crippen LogP contribution in [-0.4, -0.2) is 54.2 Å². The number of hydrogen-bond acceptors (Lipinski definition) is 4. The van der Waals surface area contributed by atoms with E-state index in [0.29, 0.717) is 19.5 Å². The summed E-state index contributed by atoms with van der Waals surface area (Å²) in [5, 5.41) is 13.3. The van der Waals surface area contributed by atoms with Gasteiger partial charge in [-0.2, -0.15) is 0 Å². The summed E-state index contributed by atoms with van der Waals surface area (Å²) in [4.78, 5) is 13.6. The fraction of sp³-hybridized carbons (Fsp3) is 0.500. The second kappa shape index (κ2) is 6.14. The third kappa shape index (κ3) is 3.32. The van der Waals surface area contributed by atoms with E-state index in [1.165, 1.54) is 0 Å². The number of carbonyl (C=O) groups excluding carboxylic acids is 1. The van der Waals surface area contributed by atoms with Crippen LogP contribution in [0, 0.1) is 0 Å². The van der Waals surface area contributed by atoms with Crippen LogP contribution >= 0.6 is 0 Å². The number of benzene rings is 1. The van der Waals surface area contributed by atoms with Gasteiger partial charge < -0.3 is 21.1 Å². The number of amides is 1. The number of likely N-dealkylation sites (N-methyl/N-ethyl adjacent to an activating group) is 1. The Morgan fingerprint density at radius 2 is 2.16 bits per heavy atom. The lowest BCUT2D eigenvalue weighted by Gasteiger charge is -2.35. The Kier molecular flexibility index (Phi) is 4.52. The van der Waals surface area contributed by atoms with Crippen molar-refractivity contribution in [1.29, 1.82) is 0 Å². The highest BCUT2D eigenvalue weighted by Crippen LogP contribution is 2.10. The number of aliphatic hydroxyl groups is 1. The average Bonchev–Trinajstić information content (AvgIpc) is 2.42. The van der Waals surface area contributed by atoms with Crippen molar-refractivity contribution in [3.05, 3.63) is 35.9 Å². The monoisotopic (exact) mass is 263 g/mol. The van der Waals surface area contributed by atoms with Gasteiger partial charge in [-0.25, -0.2) is 0 Å². The summed E-state index contributed by atoms with van der Waals surface area (Å²) in [6, 6.07) is 8.68. The Labute approximate surface area is 113 Å². The molecule has 1 aromatic carbocycles. The van der Waals surface area contributed by atoms with Crippen LogP contribution in [0.15, 0.2) is 30.3 Å². The maximum Gasteiger partial charge on any atom is 0.242 e. The van der Waals surface area contributed by atoms with Crippen LogP contribution in [0.3, 0.4) is 0 Å². The fourth-order valence-corrected chi connectivity index (χ4v) is 2.34. The number of hydrogen-bond donors (Lipinski definition) is 3. The number of nitrogens with zero attached hydrogens (tertiary/aromatic N) is 1. The number of rotatable bonds is 4. The van der Waals surface area contributed by atoms with Crippen LogP contribution in [0.4, 0.5) is 0 Å². The quantitative estimate of drug-likeness (QED) is 0.674. The molecule has 1 aliphatic heterocycles. The Morgan fingerprint density at radius 1 is 1.47 bits per heavy atom. The number of aliphatic hydroxyl groups excluding tert-OH is 1. The van der Waals surface area contributed by atoms with Crippen molar-refractivity contribution in [3.8, 4) is 0 Å². The lowest BCUT2D eigenvalue weighted by Crippen LogP contribution is -2.62. The highest BCUT2D eigenvalue weighted by Gasteiger charge is 2.35. The molecule has 19 heavy (non-hydrogen) atoms. The third-order valence-corrected chi connectivity index (χ3v) is 3.55. The summed E-state index contributed by atoms with van der Waals surface area (Å²) in [5.41, 5.74) is 7.09. The van der Waals surface area contributed by atoms with Gasteiger partial charge in [-0.05, 0) is 12.0 Å². The predicted molar refractivity (Wildman–Crippen MR) is 73.6 cm³/mol. The molecule has 1 aliphatic rings. The molecule has 0 aliphatic carbocycles. The fourth-order valence-electron chi connectivity index (χ4n) is 2.34. The van der Waals surface area contributed by atoms with Crippen LogP contribution in [-0.2, 0) is 11.2 Å². The minimum Gasteiger partial charge on any atom is -0.389 e. The van der Waals surface area contributed by atoms with Gasteiger partial charge >= 0.3 is 0 Å². The van der Waals surface area contributed by atoms with E-state index in [0.717, 1.165) is 5.56 Å². The molecule has 0 spiro atoms. The molecular formula is C14H21N3O2. The second-order valence-electron chi connectivity index (χ2n) is 5.04. The average molecular weight is 263 g/mol. The molecule has 1 aromatic rings. The topological polar surface area (TPSA) is 78.6 Å². The van der Waals surface area contributed by atoms with Gasteiger partial charge in [0, 0.05) is 26.2 Å². The molecule has 1 fully saturated rings. The highest BCUT2D eigenvalue weighted by molar-refractivity contribution is 5.83. The first-order valence-corrected chi connectivity index (χ1v) is 6.55. The number of nitrogens with two attached hydrogens (primary N) is 1. The SMILES string of the molecule is CN1CCNC(C(O)[C@@H](N)Cc2ccccc2)C1=O. The van der Waals surface area contributed by atoms with E-state index < -0.39 is 18.2 Å². The van der Waals surface area contributed by atoms with E-state index in [2.05, 4.69) is 5.32 Å². The summed E-state index contributed by atoms with van der Waals surface area (Å²) in [7, 11) is 1.74. The maximum atomic E-state index is 12.0. The molecule has 2 unspecified atom stereocenters. The maximum absolute atomic E-state index is 12.0. The largest absolute Gasteiger partial charge is 0.389 e. The van der Waals surface area contributed by atoms with Crippen LogP contribution in [0.25, 0.3) is 0 Å². The lowest BCUT2D eigenvalue weighted by atomic mass is 9.95. The van der Waals surface area contributed by atoms with E-state index in [9.17, 15) is 9.90 Å². The Hall–Kier alpha value is -1.43. The van der Waals surface area contributed by atoms with Crippen LogP contribution in [0.2, 0.25) is 0 Å². The third-order valence-electron chi connectivity index (χ3n) is 3.55. The van der Waals surface area contributed by atoms with Crippen molar-refractivity contribution in [3.63, 3.8) is 0 Å². The standard InChI is InChI=1S/C14H21N3O2/c1-17-8-7-16-12(14(17)19)13(18)11(15)9-10-5-3-2-4-6-10/h2-6,11-13,16,18H,7-9,15H2,1H3/t11-,12?,13?/m0/s1. The summed E-state index contributed by atoms with van der Waals surface area (Å²) < 4.78 is 0. The second-order valence-corrected chi connectivity index (χ2v) is 5.04. The van der Waals surface area contributed by atoms with Gasteiger partial charge in [0.2, 0.25) is 5.91 Å². The summed E-state index contributed by atoms with van der Waals surface area (Å²) in [5.74, 6) is -0.0951. The predicted octanol–water partition coefficient (Wildman–Crippen LogP) is -0.652. The van der Waals surface area contributed by atoms with E-state index in [1.54, 1.807) is 11.9 Å². The molecule has 1 amide bonds. The Morgan fingerprint density at radius 3 is 2.84 bits per heavy atom. The molecule has 0 bridgehead atoms. The molecular weight excluding hydrogens is 242 g/mol. The van der Waals surface area contributed by atoms with Gasteiger partial charge in [0.25, 0.3) is 0 Å². The Balaban J connectivity index is 1.98. The first kappa shape index (κ1) is 14.0. The summed E-state index contributed by atoms with van der Waals surface area (Å²) >= 11 is 0. The molecule has 0 aromatic heterocycles. The smallest absolute Gasteiger partial charge is 0.242 e. The molecule has 0 radical (unpaired) electrons. The van der Waals surface area contributed by atoms with E-state index in [1.807, 2.05) is 30.3 Å². The molecule has 4 N–H and O–H groups in total. The van der Waals surface area contributed by atoms with Gasteiger partial charge in [-0.3, -0.25) is 4.79 Å². The molecule has 2 rings (SSSR count). The van der Waals surface area contributed by atoms with Crippen molar-refractivity contribution in [1.82, 2.24) is 10.2 Å². The highest BCUT2D eigenvalue weighted by atomic mass is 16.3. The molecule has 0 saturated carbocycles. The van der Waals surface area contributed by atoms with Crippen LogP contribution in [0.1, 0.15) is 5.56 Å². The van der Waals surface area contributed by atoms with Gasteiger partial charge in [0.15, 0.2) is 0 Å². The van der Waals surface area contributed by atoms with Crippen LogP contribution in [0.5, 0.6) is 0 Å². The molecule has 5 heteroatoms. The van der Waals surface area contributed by atoms with Crippen molar-refractivity contribution >= 4 is 5.91 Å². The summed E-state index contributed by atoms with van der Waals surface area (Å²) in [6.07, 6.45) is -0.326. The number of piperazine rings is 1. The number of carbonyl (C=O) groups is 1. The first-order valence-electron chi connectivity index (χ1n) is 6.55. The summed E-state index contributed by atoms with van der Waals surface area (Å²) in [6.45, 7) is 1.35. The molecule has 1 heterocycles. The zero-order chi connectivity index (χ0) is 13.8. The molecule has 104 valence electrons. The van der Waals surface area contributed by atoms with Crippen molar-refractivity contribution in [2.45, 2.75) is 24.6 Å². The molecule has 5 nitrogen and oxygen atoms in total. The molecule has 3 atom stereocenters. The van der Waals surface area contributed by atoms with Crippen molar-refractivity contribution in [2.75, 3.05) is 20.1 Å². The van der Waals surface area contributed by atoms with Gasteiger partial charge in [0.1, 0.15) is 6.04 Å². The van der Waals surface area contributed by atoms with Crippen molar-refractivity contribution in [2.24, 2.45) is 5.73 Å².